The highest BCUT2D eigenvalue weighted by Gasteiger charge is 2.37. The second kappa shape index (κ2) is 5.72. The number of imide groups is 2. The zero-order valence-corrected chi connectivity index (χ0v) is 12.8. The number of nitrogens with zero attached hydrogens (tertiary/aromatic N) is 2. The first-order chi connectivity index (χ1) is 12.1. The molecular formula is C18H11N3O4. The Hall–Kier alpha value is -3.74. The van der Waals surface area contributed by atoms with Crippen molar-refractivity contribution in [2.24, 2.45) is 0 Å². The molecule has 7 nitrogen and oxygen atoms in total. The summed E-state index contributed by atoms with van der Waals surface area (Å²) in [7, 11) is 0. The number of urea groups is 1. The number of carbonyl (C=O) groups is 3. The van der Waals surface area contributed by atoms with E-state index in [0.717, 1.165) is 10.3 Å². The minimum absolute atomic E-state index is 0.192. The number of aromatic nitrogens is 1. The van der Waals surface area contributed by atoms with Gasteiger partial charge in [0.25, 0.3) is 11.8 Å². The number of furan rings is 1. The fraction of sp³-hybridized carbons (Fsp3) is 0. The molecule has 7 heteroatoms. The summed E-state index contributed by atoms with van der Waals surface area (Å²) >= 11 is 0. The van der Waals surface area contributed by atoms with E-state index in [1.807, 2.05) is 12.1 Å². The van der Waals surface area contributed by atoms with Crippen LogP contribution in [0.2, 0.25) is 0 Å². The summed E-state index contributed by atoms with van der Waals surface area (Å²) in [5.74, 6) is -1.16. The van der Waals surface area contributed by atoms with Crippen molar-refractivity contribution >= 4 is 40.5 Å². The van der Waals surface area contributed by atoms with Gasteiger partial charge in [-0.25, -0.2) is 9.69 Å². The number of hydrogen-bond acceptors (Lipinski definition) is 5. The van der Waals surface area contributed by atoms with Crippen molar-refractivity contribution in [3.05, 3.63) is 66.3 Å². The normalized spacial score (nSPS) is 16.6. The lowest BCUT2D eigenvalue weighted by Gasteiger charge is -2.26. The van der Waals surface area contributed by atoms with Crippen molar-refractivity contribution in [1.82, 2.24) is 10.3 Å². The average Bonchev–Trinajstić information content (AvgIpc) is 3.12. The van der Waals surface area contributed by atoms with Crippen LogP contribution < -0.4 is 10.2 Å². The molecule has 1 aliphatic rings. The number of carbonyl (C=O) groups excluding carboxylic acids is 3. The molecule has 1 fully saturated rings. The Kier molecular flexibility index (Phi) is 3.39. The third-order valence-electron chi connectivity index (χ3n) is 3.78. The summed E-state index contributed by atoms with van der Waals surface area (Å²) in [6.07, 6.45) is 4.30. The van der Waals surface area contributed by atoms with Gasteiger partial charge in [0.05, 0.1) is 17.5 Å². The van der Waals surface area contributed by atoms with E-state index in [1.54, 1.807) is 36.5 Å². The first-order valence-corrected chi connectivity index (χ1v) is 7.44. The highest BCUT2D eigenvalue weighted by Crippen LogP contribution is 2.28. The lowest BCUT2D eigenvalue weighted by molar-refractivity contribution is -0.122. The molecule has 3 heterocycles. The number of nitrogens with one attached hydrogen (secondary N) is 1. The van der Waals surface area contributed by atoms with Crippen LogP contribution >= 0.6 is 0 Å². The quantitative estimate of drug-likeness (QED) is 0.574. The van der Waals surface area contributed by atoms with Crippen molar-refractivity contribution in [2.45, 2.75) is 0 Å². The monoisotopic (exact) mass is 333 g/mol. The summed E-state index contributed by atoms with van der Waals surface area (Å²) in [4.78, 5) is 42.4. The summed E-state index contributed by atoms with van der Waals surface area (Å²) in [6.45, 7) is 0. The zero-order valence-electron chi connectivity index (χ0n) is 12.8. The van der Waals surface area contributed by atoms with E-state index < -0.39 is 17.8 Å². The van der Waals surface area contributed by atoms with Gasteiger partial charge in [0.15, 0.2) is 0 Å². The number of hydrogen-bond donors (Lipinski definition) is 1. The molecule has 4 amide bonds. The molecule has 0 spiro atoms. The zero-order chi connectivity index (χ0) is 17.4. The minimum Gasteiger partial charge on any atom is -0.465 e. The summed E-state index contributed by atoms with van der Waals surface area (Å²) < 4.78 is 5.15. The van der Waals surface area contributed by atoms with Crippen LogP contribution in [0.25, 0.3) is 17.0 Å². The van der Waals surface area contributed by atoms with Gasteiger partial charge in [-0.3, -0.25) is 19.9 Å². The fourth-order valence-corrected chi connectivity index (χ4v) is 2.66. The molecule has 4 rings (SSSR count). The van der Waals surface area contributed by atoms with Crippen LogP contribution in [0.4, 0.5) is 10.5 Å². The molecule has 1 N–H and O–H groups in total. The van der Waals surface area contributed by atoms with Gasteiger partial charge >= 0.3 is 6.03 Å². The maximum absolute atomic E-state index is 12.8. The van der Waals surface area contributed by atoms with Gasteiger partial charge in [0.2, 0.25) is 0 Å². The predicted molar refractivity (Wildman–Crippen MR) is 89.5 cm³/mol. The average molecular weight is 333 g/mol. The van der Waals surface area contributed by atoms with Gasteiger partial charge < -0.3 is 4.42 Å². The minimum atomic E-state index is -0.815. The Bertz CT molecular complexity index is 1030. The molecule has 0 atom stereocenters. The van der Waals surface area contributed by atoms with E-state index in [1.165, 1.54) is 12.3 Å². The first-order valence-electron chi connectivity index (χ1n) is 7.44. The van der Waals surface area contributed by atoms with Crippen LogP contribution in [0, 0.1) is 0 Å². The Morgan fingerprint density at radius 1 is 1.04 bits per heavy atom. The van der Waals surface area contributed by atoms with Crippen LogP contribution in [0.5, 0.6) is 0 Å². The smallest absolute Gasteiger partial charge is 0.336 e. The number of fused-ring (bicyclic) bond motifs is 1. The van der Waals surface area contributed by atoms with Crippen molar-refractivity contribution in [3.8, 4) is 0 Å². The molecule has 0 aliphatic carbocycles. The SMILES string of the molecule is O=C1NC(=O)N(c2cccc3cccnc23)C(=O)C1=Cc1ccco1. The first kappa shape index (κ1) is 14.8. The molecule has 3 aromatic rings. The van der Waals surface area contributed by atoms with Crippen molar-refractivity contribution in [1.29, 1.82) is 0 Å². The second-order valence-electron chi connectivity index (χ2n) is 5.33. The maximum atomic E-state index is 12.8. The lowest BCUT2D eigenvalue weighted by Crippen LogP contribution is -2.54. The largest absolute Gasteiger partial charge is 0.465 e. The number of benzene rings is 1. The van der Waals surface area contributed by atoms with E-state index in [-0.39, 0.29) is 5.57 Å². The van der Waals surface area contributed by atoms with Gasteiger partial charge in [-0.1, -0.05) is 18.2 Å². The molecular weight excluding hydrogens is 322 g/mol. The van der Waals surface area contributed by atoms with Crippen LogP contribution in [-0.2, 0) is 9.59 Å². The third kappa shape index (κ3) is 2.47. The number of barbiturate groups is 1. The number of amides is 4. The number of rotatable bonds is 2. The fourth-order valence-electron chi connectivity index (χ4n) is 2.66. The molecule has 0 saturated carbocycles. The molecule has 25 heavy (non-hydrogen) atoms. The molecule has 0 radical (unpaired) electrons. The molecule has 0 unspecified atom stereocenters. The van der Waals surface area contributed by atoms with Crippen LogP contribution in [-0.4, -0.2) is 22.8 Å². The van der Waals surface area contributed by atoms with Crippen LogP contribution in [0.15, 0.2) is 64.9 Å². The van der Waals surface area contributed by atoms with Crippen LogP contribution in [0.1, 0.15) is 5.76 Å². The summed E-state index contributed by atoms with van der Waals surface area (Å²) in [5, 5.41) is 2.95. The van der Waals surface area contributed by atoms with Crippen LogP contribution in [0.3, 0.4) is 0 Å². The Labute approximate surface area is 141 Å². The Balaban J connectivity index is 1.84. The standard InChI is InChI=1S/C18H11N3O4/c22-16-13(10-12-6-3-9-25-12)17(23)21(18(24)20-16)14-7-1-4-11-5-2-8-19-15(11)14/h1-10H,(H,20,22,24). The van der Waals surface area contributed by atoms with E-state index in [2.05, 4.69) is 10.3 Å². The van der Waals surface area contributed by atoms with Crippen molar-refractivity contribution < 1.29 is 18.8 Å². The topological polar surface area (TPSA) is 92.5 Å². The molecule has 2 aromatic heterocycles. The summed E-state index contributed by atoms with van der Waals surface area (Å²) in [5.41, 5.74) is 0.598. The van der Waals surface area contributed by atoms with E-state index in [9.17, 15) is 14.4 Å². The number of pyridine rings is 1. The van der Waals surface area contributed by atoms with Crippen molar-refractivity contribution in [2.75, 3.05) is 4.90 Å². The van der Waals surface area contributed by atoms with Gasteiger partial charge in [-0.2, -0.15) is 0 Å². The van der Waals surface area contributed by atoms with E-state index in [0.29, 0.717) is 17.0 Å². The molecule has 1 aromatic carbocycles. The van der Waals surface area contributed by atoms with Crippen molar-refractivity contribution in [3.63, 3.8) is 0 Å². The molecule has 0 bridgehead atoms. The number of para-hydroxylation sites is 1. The summed E-state index contributed by atoms with van der Waals surface area (Å²) in [6, 6.07) is 11.1. The maximum Gasteiger partial charge on any atom is 0.336 e. The Morgan fingerprint density at radius 2 is 1.88 bits per heavy atom. The highest BCUT2D eigenvalue weighted by molar-refractivity contribution is 6.40. The Morgan fingerprint density at radius 3 is 2.68 bits per heavy atom. The second-order valence-corrected chi connectivity index (χ2v) is 5.33. The number of anilines is 1. The van der Waals surface area contributed by atoms with Gasteiger partial charge in [-0.15, -0.1) is 0 Å². The molecule has 1 saturated heterocycles. The third-order valence-corrected chi connectivity index (χ3v) is 3.78. The molecule has 122 valence electrons. The highest BCUT2D eigenvalue weighted by atomic mass is 16.3. The predicted octanol–water partition coefficient (Wildman–Crippen LogP) is 2.49. The van der Waals surface area contributed by atoms with E-state index >= 15 is 0 Å². The van der Waals surface area contributed by atoms with Gasteiger partial charge in [0, 0.05) is 11.6 Å². The molecule has 1 aliphatic heterocycles. The van der Waals surface area contributed by atoms with Gasteiger partial charge in [0.1, 0.15) is 11.3 Å². The van der Waals surface area contributed by atoms with Gasteiger partial charge in [-0.05, 0) is 30.3 Å². The van der Waals surface area contributed by atoms with E-state index in [4.69, 9.17) is 4.42 Å². The lowest BCUT2D eigenvalue weighted by atomic mass is 10.1.